The first-order valence-corrected chi connectivity index (χ1v) is 9.79. The number of nitrogens with two attached hydrogens (primary N) is 1. The number of anilines is 1. The molecular weight excluding hydrogens is 388 g/mol. The van der Waals surface area contributed by atoms with Crippen LogP contribution in [-0.4, -0.2) is 19.1 Å². The molecule has 0 spiro atoms. The number of hydrogen-bond acceptors (Lipinski definition) is 5. The highest BCUT2D eigenvalue weighted by Crippen LogP contribution is 2.32. The minimum Gasteiger partial charge on any atom is -0.384 e. The molecule has 0 bridgehead atoms. The first-order valence-electron chi connectivity index (χ1n) is 9.79. The number of aromatic nitrogens is 4. The van der Waals surface area contributed by atoms with Gasteiger partial charge in [-0.2, -0.15) is 5.26 Å². The quantitative estimate of drug-likeness (QED) is 0.553. The highest BCUT2D eigenvalue weighted by Gasteiger charge is 2.21. The van der Waals surface area contributed by atoms with Crippen molar-refractivity contribution in [3.8, 4) is 34.3 Å². The minimum atomic E-state index is -0.618. The molecule has 0 atom stereocenters. The Morgan fingerprint density at radius 1 is 1.03 bits per heavy atom. The Kier molecular flexibility index (Phi) is 4.91. The summed E-state index contributed by atoms with van der Waals surface area (Å²) in [5, 5.41) is 9.41. The average molecular weight is 410 g/mol. The molecule has 3 aromatic heterocycles. The molecule has 31 heavy (non-hydrogen) atoms. The molecule has 4 rings (SSSR count). The van der Waals surface area contributed by atoms with Gasteiger partial charge >= 0.3 is 5.69 Å². The van der Waals surface area contributed by atoms with Gasteiger partial charge in [-0.25, -0.2) is 9.78 Å². The van der Waals surface area contributed by atoms with Crippen molar-refractivity contribution in [3.63, 3.8) is 0 Å². The highest BCUT2D eigenvalue weighted by atomic mass is 16.1. The van der Waals surface area contributed by atoms with Gasteiger partial charge in [0.15, 0.2) is 0 Å². The molecule has 7 nitrogen and oxygen atoms in total. The van der Waals surface area contributed by atoms with Gasteiger partial charge in [0.25, 0.3) is 0 Å². The molecule has 0 unspecified atom stereocenters. The lowest BCUT2D eigenvalue weighted by molar-refractivity contribution is 0.686. The van der Waals surface area contributed by atoms with Gasteiger partial charge in [0.1, 0.15) is 5.82 Å². The second-order valence-corrected chi connectivity index (χ2v) is 7.90. The Balaban J connectivity index is 1.93. The molecule has 0 aliphatic rings. The fourth-order valence-corrected chi connectivity index (χ4v) is 3.50. The Bertz CT molecular complexity index is 1340. The average Bonchev–Trinajstić information content (AvgIpc) is 3.08. The van der Waals surface area contributed by atoms with Crippen LogP contribution in [0.2, 0.25) is 0 Å². The molecule has 7 heteroatoms. The number of rotatable bonds is 4. The second kappa shape index (κ2) is 7.58. The molecule has 0 fully saturated rings. The molecule has 0 amide bonds. The van der Waals surface area contributed by atoms with Crippen LogP contribution in [0.3, 0.4) is 0 Å². The van der Waals surface area contributed by atoms with Crippen molar-refractivity contribution in [3.05, 3.63) is 83.2 Å². The number of nitriles is 1. The van der Waals surface area contributed by atoms with Gasteiger partial charge in [-0.3, -0.25) is 9.55 Å². The summed E-state index contributed by atoms with van der Waals surface area (Å²) in [6.45, 7) is 3.72. The van der Waals surface area contributed by atoms with Crippen molar-refractivity contribution in [1.82, 2.24) is 19.1 Å². The molecule has 1 aromatic carbocycles. The number of imidazole rings is 1. The Labute approximate surface area is 180 Å². The summed E-state index contributed by atoms with van der Waals surface area (Å²) in [6, 6.07) is 17.2. The normalized spacial score (nSPS) is 11.3. The van der Waals surface area contributed by atoms with Crippen molar-refractivity contribution in [1.29, 1.82) is 5.26 Å². The molecule has 4 aromatic rings. The molecule has 0 saturated carbocycles. The van der Waals surface area contributed by atoms with E-state index in [-0.39, 0.29) is 5.69 Å². The van der Waals surface area contributed by atoms with Crippen LogP contribution >= 0.6 is 0 Å². The monoisotopic (exact) mass is 410 g/mol. The van der Waals surface area contributed by atoms with Crippen molar-refractivity contribution in [2.45, 2.75) is 19.3 Å². The zero-order valence-corrected chi connectivity index (χ0v) is 17.6. The highest BCUT2D eigenvalue weighted by molar-refractivity contribution is 5.80. The molecule has 3 heterocycles. The predicted octanol–water partition coefficient (Wildman–Crippen LogP) is 3.68. The summed E-state index contributed by atoms with van der Waals surface area (Å²) in [6.07, 6.45) is 5.17. The van der Waals surface area contributed by atoms with E-state index in [1.807, 2.05) is 56.3 Å². The topological polar surface area (TPSA) is 103 Å². The van der Waals surface area contributed by atoms with E-state index in [4.69, 9.17) is 5.73 Å². The van der Waals surface area contributed by atoms with Gasteiger partial charge in [-0.1, -0.05) is 12.1 Å². The van der Waals surface area contributed by atoms with Crippen molar-refractivity contribution >= 4 is 5.82 Å². The summed E-state index contributed by atoms with van der Waals surface area (Å²) in [5.41, 5.74) is 9.75. The minimum absolute atomic E-state index is 0.202. The van der Waals surface area contributed by atoms with E-state index in [9.17, 15) is 10.1 Å². The van der Waals surface area contributed by atoms with Crippen LogP contribution in [-0.2, 0) is 12.5 Å². The number of nitrogen functional groups attached to an aromatic ring is 1. The van der Waals surface area contributed by atoms with Crippen LogP contribution in [0.1, 0.15) is 19.4 Å². The van der Waals surface area contributed by atoms with Gasteiger partial charge in [-0.15, -0.1) is 0 Å². The number of pyridine rings is 2. The third-order valence-corrected chi connectivity index (χ3v) is 5.33. The Morgan fingerprint density at radius 2 is 1.71 bits per heavy atom. The van der Waals surface area contributed by atoms with Gasteiger partial charge in [0.05, 0.1) is 28.6 Å². The largest absolute Gasteiger partial charge is 0.384 e. The van der Waals surface area contributed by atoms with Crippen LogP contribution in [0.15, 0.2) is 71.9 Å². The fourth-order valence-electron chi connectivity index (χ4n) is 3.50. The number of hydrogen-bond donors (Lipinski definition) is 1. The zero-order chi connectivity index (χ0) is 22.2. The van der Waals surface area contributed by atoms with E-state index in [2.05, 4.69) is 16.0 Å². The lowest BCUT2D eigenvalue weighted by atomic mass is 9.86. The molecule has 0 radical (unpaired) electrons. The van der Waals surface area contributed by atoms with Crippen molar-refractivity contribution in [2.24, 2.45) is 7.05 Å². The third-order valence-electron chi connectivity index (χ3n) is 5.33. The fraction of sp³-hybridized carbons (Fsp3) is 0.167. The van der Waals surface area contributed by atoms with Crippen LogP contribution in [0.5, 0.6) is 0 Å². The summed E-state index contributed by atoms with van der Waals surface area (Å²) in [5.74, 6) is 0.363. The van der Waals surface area contributed by atoms with Gasteiger partial charge in [-0.05, 0) is 61.4 Å². The SMILES string of the molecule is Cn1cc(-c2nc(N)ccc2-c2ccncc2)n(-c2ccc(C(C)(C)C#N)cc2)c1=O. The molecule has 154 valence electrons. The second-order valence-electron chi connectivity index (χ2n) is 7.90. The van der Waals surface area contributed by atoms with Crippen LogP contribution in [0, 0.1) is 11.3 Å². The molecular formula is C24H22N6O. The van der Waals surface area contributed by atoms with E-state index in [0.717, 1.165) is 16.7 Å². The van der Waals surface area contributed by atoms with Crippen molar-refractivity contribution < 1.29 is 0 Å². The zero-order valence-electron chi connectivity index (χ0n) is 17.6. The summed E-state index contributed by atoms with van der Waals surface area (Å²) in [4.78, 5) is 21.7. The van der Waals surface area contributed by atoms with E-state index in [0.29, 0.717) is 22.9 Å². The predicted molar refractivity (Wildman–Crippen MR) is 121 cm³/mol. The van der Waals surface area contributed by atoms with Gasteiger partial charge in [0.2, 0.25) is 0 Å². The lowest BCUT2D eigenvalue weighted by Gasteiger charge is -2.17. The van der Waals surface area contributed by atoms with E-state index < -0.39 is 5.41 Å². The van der Waals surface area contributed by atoms with Crippen LogP contribution in [0.25, 0.3) is 28.2 Å². The Morgan fingerprint density at radius 3 is 2.35 bits per heavy atom. The summed E-state index contributed by atoms with van der Waals surface area (Å²) >= 11 is 0. The van der Waals surface area contributed by atoms with Crippen LogP contribution in [0.4, 0.5) is 5.82 Å². The molecule has 0 saturated heterocycles. The third kappa shape index (κ3) is 3.60. The molecule has 2 N–H and O–H groups in total. The van der Waals surface area contributed by atoms with E-state index in [1.165, 1.54) is 4.57 Å². The summed E-state index contributed by atoms with van der Waals surface area (Å²) in [7, 11) is 1.70. The number of benzene rings is 1. The van der Waals surface area contributed by atoms with Crippen LogP contribution < -0.4 is 11.4 Å². The van der Waals surface area contributed by atoms with Gasteiger partial charge in [0, 0.05) is 31.2 Å². The van der Waals surface area contributed by atoms with E-state index >= 15 is 0 Å². The standard InChI is InChI=1S/C24H22N6O/c1-24(2,15-25)17-4-6-18(7-5-17)30-20(14-29(3)23(30)31)22-19(8-9-21(26)28-22)16-10-12-27-13-11-16/h4-14H,1-3H3,(H2,26,28). The molecule has 0 aliphatic heterocycles. The van der Waals surface area contributed by atoms with E-state index in [1.54, 1.807) is 36.3 Å². The first kappa shape index (κ1) is 20.1. The Hall–Kier alpha value is -4.18. The maximum Gasteiger partial charge on any atom is 0.333 e. The van der Waals surface area contributed by atoms with Crippen molar-refractivity contribution in [2.75, 3.05) is 5.73 Å². The van der Waals surface area contributed by atoms with Gasteiger partial charge < -0.3 is 10.3 Å². The maximum atomic E-state index is 13.0. The summed E-state index contributed by atoms with van der Waals surface area (Å²) < 4.78 is 3.12. The lowest BCUT2D eigenvalue weighted by Crippen LogP contribution is -2.21. The first-order chi connectivity index (χ1) is 14.8. The number of nitrogens with zero attached hydrogens (tertiary/aromatic N) is 5. The number of aryl methyl sites for hydroxylation is 1. The smallest absolute Gasteiger partial charge is 0.333 e. The molecule has 0 aliphatic carbocycles. The maximum absolute atomic E-state index is 13.0.